The fourth-order valence-electron chi connectivity index (χ4n) is 6.92. The summed E-state index contributed by atoms with van der Waals surface area (Å²) < 4.78 is 0. The number of nitrogens with zero attached hydrogens (tertiary/aromatic N) is 2. The molecule has 8 rings (SSSR count). The standard InChI is InChI=1S/C44H36N2/c1-3-16-38(17-4-1)45(42-31-26-33-12-7-8-14-37(33)32-42)40-27-22-34(23-28-40)35-24-29-41(30-25-35)46(39-18-5-2-6-19-39)44-21-11-15-36-13-9-10-20-43(36)44/h1-3,5-16,18-19,21-32,43H,4,17,20H2. The Morgan fingerprint density at radius 2 is 1.15 bits per heavy atom. The molecule has 0 aromatic heterocycles. The van der Waals surface area contributed by atoms with Crippen molar-refractivity contribution >= 4 is 33.5 Å². The highest BCUT2D eigenvalue weighted by Gasteiger charge is 2.27. The number of para-hydroxylation sites is 1. The quantitative estimate of drug-likeness (QED) is 0.185. The molecule has 5 aromatic carbocycles. The molecule has 0 N–H and O–H groups in total. The van der Waals surface area contributed by atoms with E-state index in [2.05, 4.69) is 186 Å². The van der Waals surface area contributed by atoms with Gasteiger partial charge in [-0.1, -0.05) is 115 Å². The second-order valence-corrected chi connectivity index (χ2v) is 12.1. The molecule has 2 nitrogen and oxygen atoms in total. The average molecular weight is 593 g/mol. The first kappa shape index (κ1) is 27.9. The first-order chi connectivity index (χ1) is 22.8. The van der Waals surface area contributed by atoms with Gasteiger partial charge in [0.2, 0.25) is 0 Å². The minimum Gasteiger partial charge on any atom is -0.314 e. The summed E-state index contributed by atoms with van der Waals surface area (Å²) in [6.45, 7) is 0. The molecule has 0 bridgehead atoms. The predicted octanol–water partition coefficient (Wildman–Crippen LogP) is 12.0. The summed E-state index contributed by atoms with van der Waals surface area (Å²) in [5, 5.41) is 2.52. The highest BCUT2D eigenvalue weighted by atomic mass is 15.2. The lowest BCUT2D eigenvalue weighted by Crippen LogP contribution is -2.25. The Morgan fingerprint density at radius 1 is 0.500 bits per heavy atom. The van der Waals surface area contributed by atoms with Crippen LogP contribution in [-0.2, 0) is 0 Å². The Kier molecular flexibility index (Phi) is 7.54. The molecule has 222 valence electrons. The van der Waals surface area contributed by atoms with E-state index in [1.54, 1.807) is 0 Å². The number of allylic oxidation sites excluding steroid dienone is 11. The van der Waals surface area contributed by atoms with E-state index < -0.39 is 0 Å². The van der Waals surface area contributed by atoms with Crippen LogP contribution in [-0.4, -0.2) is 0 Å². The van der Waals surface area contributed by atoms with Crippen LogP contribution >= 0.6 is 0 Å². The zero-order valence-electron chi connectivity index (χ0n) is 25.8. The second-order valence-electron chi connectivity index (χ2n) is 12.1. The Balaban J connectivity index is 1.11. The van der Waals surface area contributed by atoms with Crippen molar-refractivity contribution in [3.05, 3.63) is 193 Å². The van der Waals surface area contributed by atoms with Crippen molar-refractivity contribution in [2.75, 3.05) is 9.80 Å². The van der Waals surface area contributed by atoms with Crippen LogP contribution in [0.4, 0.5) is 22.7 Å². The molecule has 1 atom stereocenters. The van der Waals surface area contributed by atoms with Crippen LogP contribution in [0.5, 0.6) is 0 Å². The molecule has 0 aliphatic heterocycles. The van der Waals surface area contributed by atoms with Gasteiger partial charge in [0, 0.05) is 40.1 Å². The maximum absolute atomic E-state index is 2.42. The molecule has 0 radical (unpaired) electrons. The number of hydrogen-bond donors (Lipinski definition) is 0. The van der Waals surface area contributed by atoms with E-state index in [-0.39, 0.29) is 0 Å². The zero-order valence-corrected chi connectivity index (χ0v) is 25.8. The van der Waals surface area contributed by atoms with Crippen LogP contribution in [0.3, 0.4) is 0 Å². The van der Waals surface area contributed by atoms with Gasteiger partial charge in [0.1, 0.15) is 0 Å². The lowest BCUT2D eigenvalue weighted by atomic mass is 9.84. The van der Waals surface area contributed by atoms with E-state index in [1.165, 1.54) is 61.6 Å². The summed E-state index contributed by atoms with van der Waals surface area (Å²) in [5.74, 6) is 0.350. The highest BCUT2D eigenvalue weighted by molar-refractivity contribution is 5.88. The molecule has 0 heterocycles. The Morgan fingerprint density at radius 3 is 1.89 bits per heavy atom. The summed E-state index contributed by atoms with van der Waals surface area (Å²) in [4.78, 5) is 4.83. The maximum Gasteiger partial charge on any atom is 0.0464 e. The van der Waals surface area contributed by atoms with Crippen molar-refractivity contribution in [1.82, 2.24) is 0 Å². The molecule has 0 saturated heterocycles. The van der Waals surface area contributed by atoms with Crippen LogP contribution in [0.25, 0.3) is 21.9 Å². The third kappa shape index (κ3) is 5.44. The monoisotopic (exact) mass is 592 g/mol. The minimum atomic E-state index is 0.350. The van der Waals surface area contributed by atoms with Gasteiger partial charge in [0.05, 0.1) is 0 Å². The van der Waals surface area contributed by atoms with E-state index in [0.717, 1.165) is 19.3 Å². The van der Waals surface area contributed by atoms with Gasteiger partial charge in [0.15, 0.2) is 0 Å². The van der Waals surface area contributed by atoms with Crippen LogP contribution in [0, 0.1) is 5.92 Å². The van der Waals surface area contributed by atoms with E-state index in [1.807, 2.05) is 0 Å². The van der Waals surface area contributed by atoms with Gasteiger partial charge in [-0.15, -0.1) is 0 Å². The number of anilines is 4. The number of fused-ring (bicyclic) bond motifs is 2. The largest absolute Gasteiger partial charge is 0.314 e. The first-order valence-corrected chi connectivity index (χ1v) is 16.3. The molecule has 0 spiro atoms. The number of rotatable bonds is 7. The third-order valence-corrected chi connectivity index (χ3v) is 9.24. The van der Waals surface area contributed by atoms with Crippen molar-refractivity contribution in [3.63, 3.8) is 0 Å². The zero-order chi connectivity index (χ0) is 30.7. The molecule has 46 heavy (non-hydrogen) atoms. The van der Waals surface area contributed by atoms with Gasteiger partial charge in [-0.05, 0) is 107 Å². The molecular formula is C44H36N2. The topological polar surface area (TPSA) is 6.48 Å². The summed E-state index contributed by atoms with van der Waals surface area (Å²) in [5.41, 5.74) is 11.1. The molecule has 1 unspecified atom stereocenters. The van der Waals surface area contributed by atoms with Gasteiger partial charge in [0.25, 0.3) is 0 Å². The van der Waals surface area contributed by atoms with Gasteiger partial charge in [-0.25, -0.2) is 0 Å². The fraction of sp³-hybridized carbons (Fsp3) is 0.0909. The average Bonchev–Trinajstić information content (AvgIpc) is 3.13. The minimum absolute atomic E-state index is 0.350. The first-order valence-electron chi connectivity index (χ1n) is 16.3. The molecule has 0 fully saturated rings. The molecular weight excluding hydrogens is 556 g/mol. The van der Waals surface area contributed by atoms with Crippen molar-refractivity contribution in [3.8, 4) is 11.1 Å². The van der Waals surface area contributed by atoms with Crippen LogP contribution in [0.1, 0.15) is 19.3 Å². The van der Waals surface area contributed by atoms with Gasteiger partial charge >= 0.3 is 0 Å². The predicted molar refractivity (Wildman–Crippen MR) is 196 cm³/mol. The highest BCUT2D eigenvalue weighted by Crippen LogP contribution is 2.41. The summed E-state index contributed by atoms with van der Waals surface area (Å²) in [6, 6.07) is 44.2. The lowest BCUT2D eigenvalue weighted by molar-refractivity contribution is 0.709. The van der Waals surface area contributed by atoms with Crippen molar-refractivity contribution in [2.24, 2.45) is 5.92 Å². The van der Waals surface area contributed by atoms with E-state index in [4.69, 9.17) is 0 Å². The van der Waals surface area contributed by atoms with Crippen molar-refractivity contribution in [1.29, 1.82) is 0 Å². The third-order valence-electron chi connectivity index (χ3n) is 9.24. The molecule has 3 aliphatic rings. The molecule has 5 aromatic rings. The fourth-order valence-corrected chi connectivity index (χ4v) is 6.92. The van der Waals surface area contributed by atoms with E-state index >= 15 is 0 Å². The molecule has 2 heteroatoms. The second kappa shape index (κ2) is 12.4. The van der Waals surface area contributed by atoms with Crippen LogP contribution in [0.2, 0.25) is 0 Å². The Labute approximate surface area is 271 Å². The summed E-state index contributed by atoms with van der Waals surface area (Å²) in [6.07, 6.45) is 23.2. The van der Waals surface area contributed by atoms with Gasteiger partial charge < -0.3 is 9.80 Å². The van der Waals surface area contributed by atoms with E-state index in [9.17, 15) is 0 Å². The maximum atomic E-state index is 2.42. The SMILES string of the molecule is C1=CCCC(N(c2ccc(-c3ccc(N(C4=CC=CC5=CC=CCC54)c4ccccc4)cc3)cc2)c2ccc3ccccc3c2)=C1. The molecule has 0 saturated carbocycles. The summed E-state index contributed by atoms with van der Waals surface area (Å²) >= 11 is 0. The Hall–Kier alpha value is -5.60. The Bertz CT molecular complexity index is 2050. The van der Waals surface area contributed by atoms with E-state index in [0.29, 0.717) is 5.92 Å². The van der Waals surface area contributed by atoms with Gasteiger partial charge in [-0.2, -0.15) is 0 Å². The normalized spacial score (nSPS) is 16.8. The van der Waals surface area contributed by atoms with Gasteiger partial charge in [-0.3, -0.25) is 0 Å². The van der Waals surface area contributed by atoms with Crippen molar-refractivity contribution in [2.45, 2.75) is 19.3 Å². The van der Waals surface area contributed by atoms with Crippen LogP contribution < -0.4 is 9.80 Å². The molecule has 3 aliphatic carbocycles. The number of hydrogen-bond acceptors (Lipinski definition) is 2. The van der Waals surface area contributed by atoms with Crippen LogP contribution in [0.15, 0.2) is 193 Å². The van der Waals surface area contributed by atoms with Crippen molar-refractivity contribution < 1.29 is 0 Å². The lowest BCUT2D eigenvalue weighted by Gasteiger charge is -2.35. The summed E-state index contributed by atoms with van der Waals surface area (Å²) in [7, 11) is 0. The molecule has 0 amide bonds. The number of benzene rings is 5. The smallest absolute Gasteiger partial charge is 0.0464 e.